The smallest absolute Gasteiger partial charge is 0.330 e. The number of nitrogens with one attached hydrogen (secondary N) is 1. The Morgan fingerprint density at radius 2 is 1.63 bits per heavy atom. The third-order valence-electron chi connectivity index (χ3n) is 7.37. The zero-order chi connectivity index (χ0) is 21.7. The summed E-state index contributed by atoms with van der Waals surface area (Å²) in [5.41, 5.74) is 8.10. The lowest BCUT2D eigenvalue weighted by atomic mass is 9.62. The van der Waals surface area contributed by atoms with E-state index in [1.807, 2.05) is 12.1 Å². The van der Waals surface area contributed by atoms with E-state index in [1.165, 1.54) is 54.0 Å². The zero-order valence-corrected chi connectivity index (χ0v) is 19.1. The first kappa shape index (κ1) is 20.7. The Labute approximate surface area is 180 Å². The van der Waals surface area contributed by atoms with Gasteiger partial charge in [0.25, 0.3) is 0 Å². The van der Waals surface area contributed by atoms with Gasteiger partial charge in [-0.15, -0.1) is 0 Å². The Balaban J connectivity index is 1.78. The summed E-state index contributed by atoms with van der Waals surface area (Å²) < 4.78 is 4.73. The van der Waals surface area contributed by atoms with Crippen LogP contribution in [0.4, 0.5) is 5.69 Å². The zero-order valence-electron chi connectivity index (χ0n) is 19.1. The molecule has 0 fully saturated rings. The third-order valence-corrected chi connectivity index (χ3v) is 7.37. The molecule has 2 aliphatic rings. The number of esters is 1. The SMILES string of the molecule is COC(=O)/C=C/c1ccc2c(c1)C(C)(c1ccc3c(c1)C(C)(C)CCC3(C)C)CN2. The van der Waals surface area contributed by atoms with E-state index in [0.717, 1.165) is 12.1 Å². The van der Waals surface area contributed by atoms with Gasteiger partial charge in [-0.25, -0.2) is 4.79 Å². The van der Waals surface area contributed by atoms with Gasteiger partial charge in [-0.3, -0.25) is 0 Å². The van der Waals surface area contributed by atoms with Crippen molar-refractivity contribution >= 4 is 17.7 Å². The Bertz CT molecular complexity index is 1030. The summed E-state index contributed by atoms with van der Waals surface area (Å²) >= 11 is 0. The van der Waals surface area contributed by atoms with Crippen molar-refractivity contribution in [2.24, 2.45) is 0 Å². The van der Waals surface area contributed by atoms with Crippen molar-refractivity contribution in [3.8, 4) is 0 Å². The highest BCUT2D eigenvalue weighted by Crippen LogP contribution is 2.49. The van der Waals surface area contributed by atoms with Crippen LogP contribution in [0.3, 0.4) is 0 Å². The van der Waals surface area contributed by atoms with Crippen LogP contribution in [0.2, 0.25) is 0 Å². The molecule has 1 N–H and O–H groups in total. The first-order chi connectivity index (χ1) is 14.1. The van der Waals surface area contributed by atoms with E-state index in [-0.39, 0.29) is 22.2 Å². The summed E-state index contributed by atoms with van der Waals surface area (Å²) in [6.07, 6.45) is 5.74. The number of anilines is 1. The molecule has 3 nitrogen and oxygen atoms in total. The molecule has 0 spiro atoms. The van der Waals surface area contributed by atoms with E-state index in [0.29, 0.717) is 0 Å². The number of methoxy groups -OCH3 is 1. The maximum atomic E-state index is 11.5. The topological polar surface area (TPSA) is 38.3 Å². The molecule has 1 aliphatic carbocycles. The maximum absolute atomic E-state index is 11.5. The largest absolute Gasteiger partial charge is 0.466 e. The van der Waals surface area contributed by atoms with Gasteiger partial charge in [0.1, 0.15) is 0 Å². The van der Waals surface area contributed by atoms with Crippen LogP contribution in [0.5, 0.6) is 0 Å². The van der Waals surface area contributed by atoms with Gasteiger partial charge < -0.3 is 10.1 Å². The predicted octanol–water partition coefficient (Wildman–Crippen LogP) is 5.95. The monoisotopic (exact) mass is 403 g/mol. The molecule has 30 heavy (non-hydrogen) atoms. The second-order valence-electron chi connectivity index (χ2n) is 10.4. The third kappa shape index (κ3) is 3.34. The molecule has 2 aromatic rings. The average molecular weight is 404 g/mol. The van der Waals surface area contributed by atoms with E-state index in [9.17, 15) is 4.79 Å². The second kappa shape index (κ2) is 7.01. The Hall–Kier alpha value is -2.55. The number of carbonyl (C=O) groups is 1. The minimum atomic E-state index is -0.337. The molecule has 0 saturated heterocycles. The van der Waals surface area contributed by atoms with Crippen LogP contribution in [0, 0.1) is 0 Å². The lowest BCUT2D eigenvalue weighted by Crippen LogP contribution is -2.35. The number of carbonyl (C=O) groups excluding carboxylic acids is 1. The Morgan fingerprint density at radius 3 is 2.33 bits per heavy atom. The second-order valence-corrected chi connectivity index (χ2v) is 10.4. The molecule has 0 amide bonds. The average Bonchev–Trinajstić information content (AvgIpc) is 3.07. The molecule has 0 aromatic heterocycles. The van der Waals surface area contributed by atoms with Gasteiger partial charge in [-0.05, 0) is 76.6 Å². The molecule has 1 heterocycles. The fraction of sp³-hybridized carbons (Fsp3) is 0.444. The normalized spacial score (nSPS) is 23.5. The minimum Gasteiger partial charge on any atom is -0.466 e. The fourth-order valence-electron chi connectivity index (χ4n) is 5.07. The van der Waals surface area contributed by atoms with Crippen LogP contribution in [0.1, 0.15) is 75.3 Å². The van der Waals surface area contributed by atoms with Crippen LogP contribution < -0.4 is 5.32 Å². The van der Waals surface area contributed by atoms with Crippen molar-refractivity contribution in [1.29, 1.82) is 0 Å². The minimum absolute atomic E-state index is 0.114. The molecular weight excluding hydrogens is 370 g/mol. The Morgan fingerprint density at radius 1 is 0.933 bits per heavy atom. The highest BCUT2D eigenvalue weighted by molar-refractivity contribution is 5.87. The molecule has 0 bridgehead atoms. The van der Waals surface area contributed by atoms with Crippen LogP contribution in [-0.4, -0.2) is 19.6 Å². The summed E-state index contributed by atoms with van der Waals surface area (Å²) in [7, 11) is 1.40. The van der Waals surface area contributed by atoms with Gasteiger partial charge in [-0.1, -0.05) is 52.0 Å². The number of benzene rings is 2. The molecule has 2 aromatic carbocycles. The highest BCUT2D eigenvalue weighted by Gasteiger charge is 2.40. The molecule has 1 aliphatic heterocycles. The number of fused-ring (bicyclic) bond motifs is 2. The fourth-order valence-corrected chi connectivity index (χ4v) is 5.07. The maximum Gasteiger partial charge on any atom is 0.330 e. The van der Waals surface area contributed by atoms with Crippen molar-refractivity contribution < 1.29 is 9.53 Å². The quantitative estimate of drug-likeness (QED) is 0.508. The van der Waals surface area contributed by atoms with E-state index >= 15 is 0 Å². The first-order valence-corrected chi connectivity index (χ1v) is 10.9. The molecular formula is C27H33NO2. The van der Waals surface area contributed by atoms with E-state index in [4.69, 9.17) is 4.74 Å². The van der Waals surface area contributed by atoms with Gasteiger partial charge >= 0.3 is 5.97 Å². The van der Waals surface area contributed by atoms with E-state index in [2.05, 4.69) is 70.3 Å². The predicted molar refractivity (Wildman–Crippen MR) is 124 cm³/mol. The Kier molecular flexibility index (Phi) is 4.84. The van der Waals surface area contributed by atoms with Gasteiger partial charge in [0, 0.05) is 23.7 Å². The molecule has 4 rings (SSSR count). The van der Waals surface area contributed by atoms with Crippen molar-refractivity contribution in [3.05, 3.63) is 70.3 Å². The number of rotatable bonds is 3. The van der Waals surface area contributed by atoms with Crippen molar-refractivity contribution in [3.63, 3.8) is 0 Å². The summed E-state index contributed by atoms with van der Waals surface area (Å²) in [5, 5.41) is 3.59. The van der Waals surface area contributed by atoms with Crippen molar-refractivity contribution in [2.75, 3.05) is 19.0 Å². The van der Waals surface area contributed by atoms with Crippen LogP contribution in [0.25, 0.3) is 6.08 Å². The van der Waals surface area contributed by atoms with E-state index < -0.39 is 0 Å². The number of hydrogen-bond acceptors (Lipinski definition) is 3. The van der Waals surface area contributed by atoms with Crippen LogP contribution >= 0.6 is 0 Å². The van der Waals surface area contributed by atoms with Gasteiger partial charge in [0.05, 0.1) is 7.11 Å². The lowest BCUT2D eigenvalue weighted by Gasteiger charge is -2.42. The standard InChI is InChI=1S/C27H33NO2/c1-25(2)13-14-26(3,4)21-16-19(9-10-20(21)25)27(5)17-28-23-11-7-18(15-22(23)27)8-12-24(29)30-6/h7-12,15-16,28H,13-14,17H2,1-6H3/b12-8+. The molecule has 1 unspecified atom stereocenters. The summed E-state index contributed by atoms with van der Waals surface area (Å²) in [4.78, 5) is 11.5. The number of hydrogen-bond donors (Lipinski definition) is 1. The molecule has 1 atom stereocenters. The van der Waals surface area contributed by atoms with Crippen molar-refractivity contribution in [2.45, 2.75) is 63.7 Å². The van der Waals surface area contributed by atoms with Gasteiger partial charge in [-0.2, -0.15) is 0 Å². The van der Waals surface area contributed by atoms with Gasteiger partial charge in [0.15, 0.2) is 0 Å². The summed E-state index contributed by atoms with van der Waals surface area (Å²) in [5.74, 6) is -0.337. The molecule has 3 heteroatoms. The van der Waals surface area contributed by atoms with Crippen LogP contribution in [0.15, 0.2) is 42.5 Å². The summed E-state index contributed by atoms with van der Waals surface area (Å²) in [6.45, 7) is 12.7. The lowest BCUT2D eigenvalue weighted by molar-refractivity contribution is -0.134. The van der Waals surface area contributed by atoms with E-state index in [1.54, 1.807) is 0 Å². The highest BCUT2D eigenvalue weighted by atomic mass is 16.5. The van der Waals surface area contributed by atoms with Crippen LogP contribution in [-0.2, 0) is 25.8 Å². The molecule has 0 saturated carbocycles. The molecule has 158 valence electrons. The number of ether oxygens (including phenoxy) is 1. The van der Waals surface area contributed by atoms with Gasteiger partial charge in [0.2, 0.25) is 0 Å². The van der Waals surface area contributed by atoms with Crippen molar-refractivity contribution in [1.82, 2.24) is 0 Å². The summed E-state index contributed by atoms with van der Waals surface area (Å²) in [6, 6.07) is 13.5. The first-order valence-electron chi connectivity index (χ1n) is 10.9. The molecule has 0 radical (unpaired) electrons.